The summed E-state index contributed by atoms with van der Waals surface area (Å²) in [5.41, 5.74) is -3.33. The number of para-hydroxylation sites is 1. The monoisotopic (exact) mass is 326 g/mol. The van der Waals surface area contributed by atoms with Gasteiger partial charge in [-0.25, -0.2) is 4.39 Å². The molecule has 0 aliphatic heterocycles. The molecule has 23 heavy (non-hydrogen) atoms. The minimum absolute atomic E-state index is 0.0870. The molecule has 0 fully saturated rings. The summed E-state index contributed by atoms with van der Waals surface area (Å²) < 4.78 is 58.1. The predicted molar refractivity (Wildman–Crippen MR) is 78.4 cm³/mol. The smallest absolute Gasteiger partial charge is 0.425 e. The fourth-order valence-electron chi connectivity index (χ4n) is 2.09. The minimum atomic E-state index is -4.96. The van der Waals surface area contributed by atoms with E-state index in [9.17, 15) is 22.7 Å². The van der Waals surface area contributed by atoms with Crippen LogP contribution in [-0.4, -0.2) is 18.4 Å². The summed E-state index contributed by atoms with van der Waals surface area (Å²) in [4.78, 5) is 0. The number of hydrogen-bond donors (Lipinski definition) is 1. The summed E-state index contributed by atoms with van der Waals surface area (Å²) in [7, 11) is 1.22. The van der Waals surface area contributed by atoms with Crippen LogP contribution in [0.4, 0.5) is 17.6 Å². The largest absolute Gasteiger partial charge is 0.496 e. The third-order valence-electron chi connectivity index (χ3n) is 3.34. The fraction of sp³-hybridized carbons (Fsp3) is 0.176. The average Bonchev–Trinajstić information content (AvgIpc) is 2.53. The van der Waals surface area contributed by atoms with Gasteiger partial charge < -0.3 is 9.84 Å². The van der Waals surface area contributed by atoms with E-state index in [0.29, 0.717) is 11.6 Å². The first kappa shape index (κ1) is 17.0. The van der Waals surface area contributed by atoms with Gasteiger partial charge in [0.15, 0.2) is 0 Å². The van der Waals surface area contributed by atoms with E-state index in [2.05, 4.69) is 0 Å². The topological polar surface area (TPSA) is 29.5 Å². The number of ether oxygens (including phenoxy) is 1. The second-order valence-corrected chi connectivity index (χ2v) is 4.85. The van der Waals surface area contributed by atoms with Crippen molar-refractivity contribution in [1.82, 2.24) is 0 Å². The van der Waals surface area contributed by atoms with Crippen molar-refractivity contribution < 1.29 is 27.4 Å². The van der Waals surface area contributed by atoms with Crippen LogP contribution in [0.1, 0.15) is 11.1 Å². The number of rotatable bonds is 4. The van der Waals surface area contributed by atoms with Crippen molar-refractivity contribution in [2.75, 3.05) is 7.11 Å². The van der Waals surface area contributed by atoms with Crippen molar-refractivity contribution >= 4 is 6.08 Å². The third kappa shape index (κ3) is 3.53. The van der Waals surface area contributed by atoms with Gasteiger partial charge in [-0.05, 0) is 29.8 Å². The first-order valence-electron chi connectivity index (χ1n) is 6.65. The van der Waals surface area contributed by atoms with Gasteiger partial charge in [0.1, 0.15) is 11.6 Å². The fourth-order valence-corrected chi connectivity index (χ4v) is 2.09. The van der Waals surface area contributed by atoms with Crippen molar-refractivity contribution in [2.45, 2.75) is 11.8 Å². The maximum atomic E-state index is 13.5. The van der Waals surface area contributed by atoms with Crippen LogP contribution in [-0.2, 0) is 5.60 Å². The van der Waals surface area contributed by atoms with Gasteiger partial charge in [0.25, 0.3) is 0 Å². The summed E-state index contributed by atoms with van der Waals surface area (Å²) in [5, 5.41) is 10.3. The first-order chi connectivity index (χ1) is 10.8. The van der Waals surface area contributed by atoms with Crippen LogP contribution in [0.25, 0.3) is 6.08 Å². The van der Waals surface area contributed by atoms with E-state index in [4.69, 9.17) is 4.74 Å². The Hall–Kier alpha value is -2.34. The maximum absolute atomic E-state index is 13.5. The molecule has 0 radical (unpaired) electrons. The molecule has 0 bridgehead atoms. The van der Waals surface area contributed by atoms with Crippen molar-refractivity contribution in [1.29, 1.82) is 0 Å². The van der Waals surface area contributed by atoms with Crippen molar-refractivity contribution in [3.63, 3.8) is 0 Å². The molecular weight excluding hydrogens is 312 g/mol. The summed E-state index contributed by atoms with van der Waals surface area (Å²) in [5.74, 6) is -0.589. The Kier molecular flexibility index (Phi) is 4.75. The lowest BCUT2D eigenvalue weighted by molar-refractivity contribution is -0.245. The van der Waals surface area contributed by atoms with Crippen LogP contribution >= 0.6 is 0 Å². The Morgan fingerprint density at radius 3 is 2.17 bits per heavy atom. The molecule has 2 nitrogen and oxygen atoms in total. The molecule has 0 saturated heterocycles. The van der Waals surface area contributed by atoms with E-state index >= 15 is 0 Å². The predicted octanol–water partition coefficient (Wildman–Crippen LogP) is 4.30. The number of methoxy groups -OCH3 is 1. The van der Waals surface area contributed by atoms with Gasteiger partial charge in [0.05, 0.1) is 7.11 Å². The van der Waals surface area contributed by atoms with E-state index in [1.165, 1.54) is 37.4 Å². The second-order valence-electron chi connectivity index (χ2n) is 4.85. The summed E-state index contributed by atoms with van der Waals surface area (Å²) in [6.45, 7) is 0. The molecule has 0 spiro atoms. The van der Waals surface area contributed by atoms with Gasteiger partial charge in [-0.15, -0.1) is 0 Å². The van der Waals surface area contributed by atoms with Crippen LogP contribution in [0.5, 0.6) is 5.75 Å². The van der Waals surface area contributed by atoms with Gasteiger partial charge in [0, 0.05) is 5.56 Å². The lowest BCUT2D eigenvalue weighted by Crippen LogP contribution is -2.40. The van der Waals surface area contributed by atoms with E-state index in [0.717, 1.165) is 24.3 Å². The number of alkyl halides is 3. The normalized spacial score (nSPS) is 14.7. The lowest BCUT2D eigenvalue weighted by Gasteiger charge is -2.29. The Labute approximate surface area is 130 Å². The van der Waals surface area contributed by atoms with Gasteiger partial charge in [-0.1, -0.05) is 36.4 Å². The first-order valence-corrected chi connectivity index (χ1v) is 6.65. The summed E-state index contributed by atoms with van der Waals surface area (Å²) in [6, 6.07) is 10.2. The molecule has 0 amide bonds. The van der Waals surface area contributed by atoms with Crippen LogP contribution in [0, 0.1) is 5.82 Å². The van der Waals surface area contributed by atoms with Crippen molar-refractivity contribution in [3.05, 3.63) is 71.6 Å². The third-order valence-corrected chi connectivity index (χ3v) is 3.34. The van der Waals surface area contributed by atoms with Crippen LogP contribution in [0.3, 0.4) is 0 Å². The van der Waals surface area contributed by atoms with E-state index in [1.54, 1.807) is 0 Å². The highest BCUT2D eigenvalue weighted by molar-refractivity contribution is 5.53. The van der Waals surface area contributed by atoms with Crippen molar-refractivity contribution in [3.8, 4) is 5.75 Å². The molecule has 0 aliphatic carbocycles. The molecule has 2 rings (SSSR count). The SMILES string of the molecule is COc1ccccc1C(O)(C=Cc1ccc(F)cc1)C(F)(F)F. The van der Waals surface area contributed by atoms with Crippen LogP contribution in [0.15, 0.2) is 54.6 Å². The average molecular weight is 326 g/mol. The van der Waals surface area contributed by atoms with Gasteiger partial charge in [0.2, 0.25) is 5.60 Å². The molecule has 1 unspecified atom stereocenters. The zero-order valence-corrected chi connectivity index (χ0v) is 12.1. The van der Waals surface area contributed by atoms with Crippen molar-refractivity contribution in [2.24, 2.45) is 0 Å². The zero-order valence-electron chi connectivity index (χ0n) is 12.1. The second kappa shape index (κ2) is 6.42. The number of hydrogen-bond acceptors (Lipinski definition) is 2. The number of halogens is 4. The molecule has 122 valence electrons. The highest BCUT2D eigenvalue weighted by atomic mass is 19.4. The Morgan fingerprint density at radius 1 is 1.00 bits per heavy atom. The quantitative estimate of drug-likeness (QED) is 0.849. The summed E-state index contributed by atoms with van der Waals surface area (Å²) >= 11 is 0. The summed E-state index contributed by atoms with van der Waals surface area (Å²) in [6.07, 6.45) is -3.25. The minimum Gasteiger partial charge on any atom is -0.496 e. The zero-order chi connectivity index (χ0) is 17.1. The highest BCUT2D eigenvalue weighted by Gasteiger charge is 2.54. The molecule has 0 aromatic heterocycles. The standard InChI is InChI=1S/C17H14F4O2/c1-23-15-5-3-2-4-14(15)16(22,17(19,20)21)11-10-12-6-8-13(18)9-7-12/h2-11,22H,1H3. The number of aliphatic hydroxyl groups is 1. The molecule has 0 saturated carbocycles. The van der Waals surface area contributed by atoms with Crippen LogP contribution < -0.4 is 4.74 Å². The van der Waals surface area contributed by atoms with E-state index in [1.807, 2.05) is 0 Å². The highest BCUT2D eigenvalue weighted by Crippen LogP contribution is 2.44. The maximum Gasteiger partial charge on any atom is 0.425 e. The number of benzene rings is 2. The molecule has 0 heterocycles. The molecule has 1 N–H and O–H groups in total. The Morgan fingerprint density at radius 2 is 1.61 bits per heavy atom. The van der Waals surface area contributed by atoms with Gasteiger partial charge in [-0.3, -0.25) is 0 Å². The molecule has 2 aromatic carbocycles. The molecule has 2 aromatic rings. The van der Waals surface area contributed by atoms with Crippen LogP contribution in [0.2, 0.25) is 0 Å². The molecule has 6 heteroatoms. The van der Waals surface area contributed by atoms with Gasteiger partial charge >= 0.3 is 6.18 Å². The van der Waals surface area contributed by atoms with Gasteiger partial charge in [-0.2, -0.15) is 13.2 Å². The molecule has 1 atom stereocenters. The molecular formula is C17H14F4O2. The Bertz CT molecular complexity index is 692. The molecule has 0 aliphatic rings. The van der Waals surface area contributed by atoms with E-state index < -0.39 is 23.2 Å². The Balaban J connectivity index is 2.50. The van der Waals surface area contributed by atoms with E-state index in [-0.39, 0.29) is 5.75 Å². The lowest BCUT2D eigenvalue weighted by atomic mass is 9.91.